The molecule has 1 N–H and O–H groups in total. The molecule has 0 saturated carbocycles. The molecule has 2 rings (SSSR count). The molecule has 1 aliphatic heterocycles. The first kappa shape index (κ1) is 12.1. The number of halogens is 1. The van der Waals surface area contributed by atoms with Crippen LogP contribution in [0.4, 0.5) is 11.4 Å². The van der Waals surface area contributed by atoms with Gasteiger partial charge >= 0.3 is 5.69 Å². The van der Waals surface area contributed by atoms with Crippen molar-refractivity contribution >= 4 is 27.3 Å². The summed E-state index contributed by atoms with van der Waals surface area (Å²) in [4.78, 5) is 10.6. The van der Waals surface area contributed by atoms with Crippen LogP contribution in [-0.4, -0.2) is 31.3 Å². The van der Waals surface area contributed by atoms with Gasteiger partial charge in [0, 0.05) is 0 Å². The second-order valence-corrected chi connectivity index (χ2v) is 4.47. The van der Waals surface area contributed by atoms with E-state index in [0.717, 1.165) is 0 Å². The molecular weight excluding hydrogens is 292 g/mol. The van der Waals surface area contributed by atoms with Gasteiger partial charge in [-0.1, -0.05) is 0 Å². The van der Waals surface area contributed by atoms with Crippen molar-refractivity contribution in [2.45, 2.75) is 6.04 Å². The molecule has 0 atom stereocenters. The number of nitro benzene ring substituents is 1. The molecule has 17 heavy (non-hydrogen) atoms. The molecule has 0 bridgehead atoms. The summed E-state index contributed by atoms with van der Waals surface area (Å²) in [5.41, 5.74) is 0.386. The number of nitrogens with zero attached hydrogens (tertiary/aromatic N) is 1. The molecule has 1 heterocycles. The van der Waals surface area contributed by atoms with E-state index in [9.17, 15) is 10.1 Å². The van der Waals surface area contributed by atoms with Crippen molar-refractivity contribution in [1.82, 2.24) is 0 Å². The minimum absolute atomic E-state index is 0.0613. The first-order chi connectivity index (χ1) is 8.13. The van der Waals surface area contributed by atoms with Crippen molar-refractivity contribution in [2.24, 2.45) is 0 Å². The summed E-state index contributed by atoms with van der Waals surface area (Å²) in [5.74, 6) is 0.222. The van der Waals surface area contributed by atoms with E-state index in [1.54, 1.807) is 12.1 Å². The average Bonchev–Trinajstić information content (AvgIpc) is 2.24. The summed E-state index contributed by atoms with van der Waals surface area (Å²) in [5, 5.41) is 14.1. The Balaban J connectivity index is 2.38. The molecular formula is C10H11BrN2O4. The fourth-order valence-corrected chi connectivity index (χ4v) is 2.06. The number of nitrogens with one attached hydrogen (secondary N) is 1. The minimum atomic E-state index is -0.453. The molecule has 0 spiro atoms. The van der Waals surface area contributed by atoms with Crippen LogP contribution in [0.3, 0.4) is 0 Å². The molecule has 1 fully saturated rings. The molecule has 1 aliphatic rings. The standard InChI is InChI=1S/C10H11BrN2O4/c1-16-10-7(11)2-3-8(9(10)13(14)15)12-6-4-17-5-6/h2-3,6,12H,4-5H2,1H3. The number of anilines is 1. The molecule has 0 unspecified atom stereocenters. The highest BCUT2D eigenvalue weighted by Gasteiger charge is 2.27. The maximum absolute atomic E-state index is 11.1. The van der Waals surface area contributed by atoms with Crippen LogP contribution in [0.2, 0.25) is 0 Å². The Morgan fingerprint density at radius 3 is 2.76 bits per heavy atom. The number of benzene rings is 1. The molecule has 1 aromatic carbocycles. The number of hydrogen-bond acceptors (Lipinski definition) is 5. The Morgan fingerprint density at radius 2 is 2.29 bits per heavy atom. The smallest absolute Gasteiger partial charge is 0.334 e. The van der Waals surface area contributed by atoms with Crippen molar-refractivity contribution < 1.29 is 14.4 Å². The number of rotatable bonds is 4. The van der Waals surface area contributed by atoms with Crippen molar-refractivity contribution in [2.75, 3.05) is 25.6 Å². The van der Waals surface area contributed by atoms with Crippen LogP contribution in [0.25, 0.3) is 0 Å². The Hall–Kier alpha value is -1.34. The highest BCUT2D eigenvalue weighted by atomic mass is 79.9. The summed E-state index contributed by atoms with van der Waals surface area (Å²) >= 11 is 3.23. The van der Waals surface area contributed by atoms with E-state index in [-0.39, 0.29) is 17.5 Å². The van der Waals surface area contributed by atoms with Crippen LogP contribution >= 0.6 is 15.9 Å². The minimum Gasteiger partial charge on any atom is -0.489 e. The fourth-order valence-electron chi connectivity index (χ4n) is 1.58. The monoisotopic (exact) mass is 302 g/mol. The predicted octanol–water partition coefficient (Wildman–Crippen LogP) is 2.18. The largest absolute Gasteiger partial charge is 0.489 e. The summed E-state index contributed by atoms with van der Waals surface area (Å²) < 4.78 is 10.6. The fraction of sp³-hybridized carbons (Fsp3) is 0.400. The maximum Gasteiger partial charge on any atom is 0.334 e. The zero-order chi connectivity index (χ0) is 12.4. The average molecular weight is 303 g/mol. The second kappa shape index (κ2) is 4.89. The van der Waals surface area contributed by atoms with Gasteiger partial charge in [-0.2, -0.15) is 0 Å². The van der Waals surface area contributed by atoms with Crippen LogP contribution in [0.1, 0.15) is 0 Å². The lowest BCUT2D eigenvalue weighted by Crippen LogP contribution is -2.40. The van der Waals surface area contributed by atoms with Crippen LogP contribution < -0.4 is 10.1 Å². The van der Waals surface area contributed by atoms with E-state index < -0.39 is 4.92 Å². The molecule has 1 aromatic rings. The number of methoxy groups -OCH3 is 1. The third-order valence-electron chi connectivity index (χ3n) is 2.47. The molecule has 0 aromatic heterocycles. The summed E-state index contributed by atoms with van der Waals surface area (Å²) in [6.07, 6.45) is 0. The van der Waals surface area contributed by atoms with Gasteiger partial charge in [0.05, 0.1) is 35.8 Å². The highest BCUT2D eigenvalue weighted by Crippen LogP contribution is 2.41. The zero-order valence-electron chi connectivity index (χ0n) is 9.10. The lowest BCUT2D eigenvalue weighted by atomic mass is 10.2. The van der Waals surface area contributed by atoms with Crippen molar-refractivity contribution in [3.8, 4) is 5.75 Å². The van der Waals surface area contributed by atoms with Crippen molar-refractivity contribution in [1.29, 1.82) is 0 Å². The van der Waals surface area contributed by atoms with Gasteiger partial charge in [-0.15, -0.1) is 0 Å². The third-order valence-corrected chi connectivity index (χ3v) is 3.09. The van der Waals surface area contributed by atoms with Crippen LogP contribution in [0, 0.1) is 10.1 Å². The van der Waals surface area contributed by atoms with E-state index in [2.05, 4.69) is 21.2 Å². The van der Waals surface area contributed by atoms with Gasteiger partial charge in [0.15, 0.2) is 0 Å². The first-order valence-corrected chi connectivity index (χ1v) is 5.78. The molecule has 6 nitrogen and oxygen atoms in total. The SMILES string of the molecule is COc1c(Br)ccc(NC2COC2)c1[N+](=O)[O-]. The highest BCUT2D eigenvalue weighted by molar-refractivity contribution is 9.10. The number of ether oxygens (including phenoxy) is 2. The van der Waals surface area contributed by atoms with Crippen molar-refractivity contribution in [3.63, 3.8) is 0 Å². The Kier molecular flexibility index (Phi) is 3.49. The van der Waals surface area contributed by atoms with E-state index in [1.165, 1.54) is 7.11 Å². The summed E-state index contributed by atoms with van der Waals surface area (Å²) in [7, 11) is 1.41. The molecule has 1 saturated heterocycles. The van der Waals surface area contributed by atoms with Gasteiger partial charge in [0.25, 0.3) is 0 Å². The van der Waals surface area contributed by atoms with Crippen molar-refractivity contribution in [3.05, 3.63) is 26.7 Å². The molecule has 0 amide bonds. The van der Waals surface area contributed by atoms with Crippen LogP contribution in [0.5, 0.6) is 5.75 Å². The Morgan fingerprint density at radius 1 is 1.59 bits per heavy atom. The molecule has 0 aliphatic carbocycles. The predicted molar refractivity (Wildman–Crippen MR) is 65.6 cm³/mol. The van der Waals surface area contributed by atoms with Gasteiger partial charge in [-0.05, 0) is 28.1 Å². The van der Waals surface area contributed by atoms with Crippen LogP contribution in [0.15, 0.2) is 16.6 Å². The topological polar surface area (TPSA) is 73.6 Å². The molecule has 7 heteroatoms. The van der Waals surface area contributed by atoms with Gasteiger partial charge in [0.1, 0.15) is 5.69 Å². The molecule has 92 valence electrons. The quantitative estimate of drug-likeness (QED) is 0.681. The first-order valence-electron chi connectivity index (χ1n) is 4.98. The van der Waals surface area contributed by atoms with E-state index in [4.69, 9.17) is 9.47 Å². The lowest BCUT2D eigenvalue weighted by molar-refractivity contribution is -0.384. The normalized spacial score (nSPS) is 15.2. The van der Waals surface area contributed by atoms with Gasteiger partial charge in [-0.3, -0.25) is 10.1 Å². The van der Waals surface area contributed by atoms with Gasteiger partial charge in [-0.25, -0.2) is 0 Å². The van der Waals surface area contributed by atoms with Gasteiger partial charge in [0.2, 0.25) is 5.75 Å². The Bertz CT molecular complexity index is 448. The van der Waals surface area contributed by atoms with Gasteiger partial charge < -0.3 is 14.8 Å². The maximum atomic E-state index is 11.1. The summed E-state index contributed by atoms with van der Waals surface area (Å²) in [6.45, 7) is 1.13. The molecule has 0 radical (unpaired) electrons. The van der Waals surface area contributed by atoms with E-state index in [1.807, 2.05) is 0 Å². The Labute approximate surface area is 106 Å². The summed E-state index contributed by atoms with van der Waals surface area (Å²) in [6, 6.07) is 3.50. The third kappa shape index (κ3) is 2.34. The van der Waals surface area contributed by atoms with Crippen LogP contribution in [-0.2, 0) is 4.74 Å². The van der Waals surface area contributed by atoms with E-state index >= 15 is 0 Å². The zero-order valence-corrected chi connectivity index (χ0v) is 10.7. The lowest BCUT2D eigenvalue weighted by Gasteiger charge is -2.27. The number of nitro groups is 1. The second-order valence-electron chi connectivity index (χ2n) is 3.61. The number of hydrogen-bond donors (Lipinski definition) is 1. The van der Waals surface area contributed by atoms with E-state index in [0.29, 0.717) is 23.4 Å².